The van der Waals surface area contributed by atoms with Crippen LogP contribution in [0.2, 0.25) is 5.02 Å². The summed E-state index contributed by atoms with van der Waals surface area (Å²) < 4.78 is 0. The molecule has 0 bridgehead atoms. The summed E-state index contributed by atoms with van der Waals surface area (Å²) >= 11 is 5.99. The van der Waals surface area contributed by atoms with Gasteiger partial charge in [-0.1, -0.05) is 55.0 Å². The summed E-state index contributed by atoms with van der Waals surface area (Å²) in [6.45, 7) is 5.52. The number of allylic oxidation sites excluding steroid dienone is 1. The van der Waals surface area contributed by atoms with Gasteiger partial charge in [0.2, 0.25) is 0 Å². The molecule has 1 aliphatic heterocycles. The van der Waals surface area contributed by atoms with Crippen LogP contribution in [0, 0.1) is 28.6 Å². The van der Waals surface area contributed by atoms with Gasteiger partial charge in [0.15, 0.2) is 0 Å². The number of likely N-dealkylation sites (tertiary alicyclic amines) is 1. The molecule has 28 heavy (non-hydrogen) atoms. The van der Waals surface area contributed by atoms with E-state index in [1.807, 2.05) is 35.2 Å². The Hall–Kier alpha value is -3.01. The van der Waals surface area contributed by atoms with Gasteiger partial charge in [-0.25, -0.2) is 0 Å². The minimum absolute atomic E-state index is 0.0331. The Kier molecular flexibility index (Phi) is 5.88. The van der Waals surface area contributed by atoms with Crippen LogP contribution >= 0.6 is 11.6 Å². The SMILES string of the molecule is CC1(C)CN(C(=O)c2cccc(C#N)c2)CC/C1=C\C#Cc1cccc(Cl)c1. The van der Waals surface area contributed by atoms with Crippen LogP contribution in [0.25, 0.3) is 0 Å². The van der Waals surface area contributed by atoms with Gasteiger partial charge in [0.05, 0.1) is 11.6 Å². The summed E-state index contributed by atoms with van der Waals surface area (Å²) in [5.74, 6) is 6.22. The highest BCUT2D eigenvalue weighted by atomic mass is 35.5. The minimum atomic E-state index is -0.163. The molecule has 3 rings (SSSR count). The number of nitriles is 1. The van der Waals surface area contributed by atoms with Crippen molar-refractivity contribution >= 4 is 17.5 Å². The van der Waals surface area contributed by atoms with E-state index in [0.29, 0.717) is 29.2 Å². The molecule has 1 heterocycles. The molecule has 140 valence electrons. The zero-order valence-electron chi connectivity index (χ0n) is 16.0. The predicted molar refractivity (Wildman–Crippen MR) is 112 cm³/mol. The van der Waals surface area contributed by atoms with Crippen molar-refractivity contribution in [1.82, 2.24) is 4.90 Å². The summed E-state index contributed by atoms with van der Waals surface area (Å²) in [7, 11) is 0. The first-order valence-electron chi connectivity index (χ1n) is 9.15. The molecule has 0 unspecified atom stereocenters. The maximum absolute atomic E-state index is 12.8. The van der Waals surface area contributed by atoms with Gasteiger partial charge in [-0.15, -0.1) is 0 Å². The number of piperidine rings is 1. The highest BCUT2D eigenvalue weighted by molar-refractivity contribution is 6.30. The van der Waals surface area contributed by atoms with Crippen LogP contribution < -0.4 is 0 Å². The van der Waals surface area contributed by atoms with E-state index in [1.165, 1.54) is 5.57 Å². The van der Waals surface area contributed by atoms with Gasteiger partial charge in [-0.05, 0) is 48.9 Å². The fraction of sp³-hybridized carbons (Fsp3) is 0.250. The van der Waals surface area contributed by atoms with Crippen LogP contribution in [0.1, 0.15) is 41.8 Å². The van der Waals surface area contributed by atoms with E-state index >= 15 is 0 Å². The molecule has 0 atom stereocenters. The second kappa shape index (κ2) is 8.34. The molecule has 1 saturated heterocycles. The molecule has 0 aliphatic carbocycles. The molecule has 0 saturated carbocycles. The maximum atomic E-state index is 12.8. The Balaban J connectivity index is 1.74. The Labute approximate surface area is 171 Å². The largest absolute Gasteiger partial charge is 0.337 e. The zero-order valence-corrected chi connectivity index (χ0v) is 16.8. The average Bonchev–Trinajstić information content (AvgIpc) is 2.68. The molecule has 0 aromatic heterocycles. The molecule has 3 nitrogen and oxygen atoms in total. The van der Waals surface area contributed by atoms with E-state index in [4.69, 9.17) is 16.9 Å². The molecule has 1 aliphatic rings. The van der Waals surface area contributed by atoms with Crippen molar-refractivity contribution in [3.05, 3.63) is 81.9 Å². The highest BCUT2D eigenvalue weighted by Crippen LogP contribution is 2.34. The zero-order chi connectivity index (χ0) is 20.1. The number of hydrogen-bond donors (Lipinski definition) is 0. The summed E-state index contributed by atoms with van der Waals surface area (Å²) in [5, 5.41) is 9.72. The number of halogens is 1. The van der Waals surface area contributed by atoms with Gasteiger partial charge < -0.3 is 4.90 Å². The molecule has 2 aromatic carbocycles. The van der Waals surface area contributed by atoms with Crippen molar-refractivity contribution in [2.45, 2.75) is 20.3 Å². The fourth-order valence-corrected chi connectivity index (χ4v) is 3.56. The monoisotopic (exact) mass is 388 g/mol. The predicted octanol–water partition coefficient (Wildman–Crippen LogP) is 5.06. The third-order valence-corrected chi connectivity index (χ3v) is 5.15. The number of hydrogen-bond acceptors (Lipinski definition) is 2. The summed E-state index contributed by atoms with van der Waals surface area (Å²) in [4.78, 5) is 14.7. The third-order valence-electron chi connectivity index (χ3n) is 4.92. The van der Waals surface area contributed by atoms with Crippen molar-refractivity contribution < 1.29 is 4.79 Å². The highest BCUT2D eigenvalue weighted by Gasteiger charge is 2.33. The van der Waals surface area contributed by atoms with E-state index in [-0.39, 0.29) is 11.3 Å². The minimum Gasteiger partial charge on any atom is -0.337 e. The van der Waals surface area contributed by atoms with E-state index in [0.717, 1.165) is 12.0 Å². The Morgan fingerprint density at radius 1 is 1.18 bits per heavy atom. The van der Waals surface area contributed by atoms with Gasteiger partial charge in [0.25, 0.3) is 5.91 Å². The number of nitrogens with zero attached hydrogens (tertiary/aromatic N) is 2. The lowest BCUT2D eigenvalue weighted by Crippen LogP contribution is -2.44. The molecular formula is C24H21ClN2O. The first kappa shape index (κ1) is 19.7. The summed E-state index contributed by atoms with van der Waals surface area (Å²) in [6, 6.07) is 16.4. The first-order valence-corrected chi connectivity index (χ1v) is 9.53. The van der Waals surface area contributed by atoms with Crippen LogP contribution in [0.5, 0.6) is 0 Å². The van der Waals surface area contributed by atoms with Crippen LogP contribution in [0.4, 0.5) is 0 Å². The topological polar surface area (TPSA) is 44.1 Å². The molecule has 2 aromatic rings. The molecule has 1 amide bonds. The van der Waals surface area contributed by atoms with E-state index in [1.54, 1.807) is 24.3 Å². The van der Waals surface area contributed by atoms with Gasteiger partial charge in [0, 0.05) is 34.7 Å². The smallest absolute Gasteiger partial charge is 0.253 e. The summed E-state index contributed by atoms with van der Waals surface area (Å²) in [5.41, 5.74) is 3.01. The van der Waals surface area contributed by atoms with Crippen LogP contribution in [0.3, 0.4) is 0 Å². The summed E-state index contributed by atoms with van der Waals surface area (Å²) in [6.07, 6.45) is 2.75. The van der Waals surface area contributed by atoms with Gasteiger partial charge in [-0.2, -0.15) is 5.26 Å². The second-order valence-corrected chi connectivity index (χ2v) is 7.94. The fourth-order valence-electron chi connectivity index (χ4n) is 3.37. The van der Waals surface area contributed by atoms with Crippen LogP contribution in [-0.2, 0) is 0 Å². The Morgan fingerprint density at radius 2 is 1.93 bits per heavy atom. The number of rotatable bonds is 1. The van der Waals surface area contributed by atoms with Gasteiger partial charge in [0.1, 0.15) is 0 Å². The van der Waals surface area contributed by atoms with Gasteiger partial charge in [-0.3, -0.25) is 4.79 Å². The molecular weight excluding hydrogens is 368 g/mol. The molecule has 4 heteroatoms. The van der Waals surface area contributed by atoms with Gasteiger partial charge >= 0.3 is 0 Å². The average molecular weight is 389 g/mol. The maximum Gasteiger partial charge on any atom is 0.253 e. The number of carbonyl (C=O) groups is 1. The lowest BCUT2D eigenvalue weighted by Gasteiger charge is -2.40. The standard InChI is InChI=1S/C24H21ClN2O/c1-24(2)17-27(23(28)20-9-3-8-19(14-20)16-26)13-12-21(24)10-4-6-18-7-5-11-22(25)15-18/h3,5,7-11,14-15H,12-13,17H2,1-2H3/b21-10+. The van der Waals surface area contributed by atoms with E-state index in [9.17, 15) is 4.79 Å². The quantitative estimate of drug-likeness (QED) is 0.641. The Morgan fingerprint density at radius 3 is 2.64 bits per heavy atom. The van der Waals surface area contributed by atoms with Crippen molar-refractivity contribution in [3.63, 3.8) is 0 Å². The normalized spacial score (nSPS) is 16.8. The molecule has 0 radical (unpaired) electrons. The van der Waals surface area contributed by atoms with Crippen molar-refractivity contribution in [3.8, 4) is 17.9 Å². The molecule has 1 fully saturated rings. The van der Waals surface area contributed by atoms with Crippen molar-refractivity contribution in [2.24, 2.45) is 5.41 Å². The number of carbonyl (C=O) groups excluding carboxylic acids is 1. The lowest BCUT2D eigenvalue weighted by atomic mass is 9.78. The van der Waals surface area contributed by atoms with E-state index < -0.39 is 0 Å². The number of benzene rings is 2. The van der Waals surface area contributed by atoms with Crippen molar-refractivity contribution in [2.75, 3.05) is 13.1 Å². The second-order valence-electron chi connectivity index (χ2n) is 7.50. The van der Waals surface area contributed by atoms with Crippen molar-refractivity contribution in [1.29, 1.82) is 5.26 Å². The van der Waals surface area contributed by atoms with Crippen LogP contribution in [0.15, 0.2) is 60.2 Å². The van der Waals surface area contributed by atoms with E-state index in [2.05, 4.69) is 31.8 Å². The Bertz CT molecular complexity index is 1030. The number of amides is 1. The molecule has 0 spiro atoms. The third kappa shape index (κ3) is 4.63. The lowest BCUT2D eigenvalue weighted by molar-refractivity contribution is 0.0663. The molecule has 0 N–H and O–H groups in total. The first-order chi connectivity index (χ1) is 13.4. The van der Waals surface area contributed by atoms with Crippen LogP contribution in [-0.4, -0.2) is 23.9 Å².